The van der Waals surface area contributed by atoms with Crippen LogP contribution in [-0.4, -0.2) is 49.4 Å². The molecule has 8 nitrogen and oxygen atoms in total. The summed E-state index contributed by atoms with van der Waals surface area (Å²) in [5.41, 5.74) is 2.00. The van der Waals surface area contributed by atoms with E-state index >= 15 is 0 Å². The lowest BCUT2D eigenvalue weighted by Crippen LogP contribution is -2.41. The van der Waals surface area contributed by atoms with E-state index in [0.717, 1.165) is 11.1 Å². The second kappa shape index (κ2) is 9.08. The van der Waals surface area contributed by atoms with Gasteiger partial charge in [0.15, 0.2) is 11.7 Å². The van der Waals surface area contributed by atoms with Crippen LogP contribution >= 0.6 is 15.9 Å². The zero-order valence-electron chi connectivity index (χ0n) is 18.9. The van der Waals surface area contributed by atoms with Gasteiger partial charge in [-0.25, -0.2) is 4.68 Å². The van der Waals surface area contributed by atoms with Gasteiger partial charge in [-0.05, 0) is 36.8 Å². The molecule has 186 valence electrons. The Balaban J connectivity index is 1.40. The third-order valence-electron chi connectivity index (χ3n) is 6.09. The molecule has 1 atom stereocenters. The zero-order valence-corrected chi connectivity index (χ0v) is 20.5. The molecule has 0 fully saturated rings. The number of carbonyl (C=O) groups is 2. The molecule has 4 aromatic rings. The molecule has 0 unspecified atom stereocenters. The molecule has 2 amide bonds. The lowest BCUT2D eigenvalue weighted by molar-refractivity contribution is -0.155. The van der Waals surface area contributed by atoms with Crippen molar-refractivity contribution in [1.29, 1.82) is 0 Å². The van der Waals surface area contributed by atoms with Crippen LogP contribution in [0.1, 0.15) is 43.8 Å². The number of alkyl halides is 3. The first-order valence-corrected chi connectivity index (χ1v) is 11.8. The number of hydrogen-bond donors (Lipinski definition) is 2. The van der Waals surface area contributed by atoms with Gasteiger partial charge in [-0.2, -0.15) is 13.2 Å². The Morgan fingerprint density at radius 1 is 1.14 bits per heavy atom. The first-order chi connectivity index (χ1) is 17.1. The van der Waals surface area contributed by atoms with Crippen LogP contribution in [0.2, 0.25) is 0 Å². The molecular formula is C24H20BrF3N6O2. The van der Waals surface area contributed by atoms with Crippen molar-refractivity contribution < 1.29 is 22.8 Å². The summed E-state index contributed by atoms with van der Waals surface area (Å²) in [4.78, 5) is 31.0. The highest BCUT2D eigenvalue weighted by Crippen LogP contribution is 2.33. The standard InChI is InChI=1S/C24H20BrF3N6O2/c1-13-11-15-3-2-4-17(19(15)29-13)23(36)33-9-10-34-18(12-33)20(31-32-34)22(35)30-21(24(26,27)28)14-5-7-16(25)8-6-14/h2-8,11,21,29H,9-10,12H2,1H3,(H,30,35)/t21-/m1/s1. The summed E-state index contributed by atoms with van der Waals surface area (Å²) in [6, 6.07) is 10.6. The number of aromatic nitrogens is 4. The summed E-state index contributed by atoms with van der Waals surface area (Å²) < 4.78 is 43.5. The molecule has 0 saturated carbocycles. The van der Waals surface area contributed by atoms with E-state index in [1.807, 2.05) is 24.4 Å². The maximum atomic E-state index is 13.8. The highest BCUT2D eigenvalue weighted by Gasteiger charge is 2.43. The minimum absolute atomic E-state index is 0.0143. The van der Waals surface area contributed by atoms with Gasteiger partial charge in [-0.1, -0.05) is 45.4 Å². The van der Waals surface area contributed by atoms with Gasteiger partial charge in [0.05, 0.1) is 29.9 Å². The largest absolute Gasteiger partial charge is 0.412 e. The smallest absolute Gasteiger partial charge is 0.358 e. The van der Waals surface area contributed by atoms with Crippen LogP contribution in [-0.2, 0) is 13.1 Å². The van der Waals surface area contributed by atoms with Crippen LogP contribution in [0.25, 0.3) is 10.9 Å². The van der Waals surface area contributed by atoms with Crippen molar-refractivity contribution in [2.45, 2.75) is 32.2 Å². The number of H-pyrrole nitrogens is 1. The minimum Gasteiger partial charge on any atom is -0.358 e. The number of para-hydroxylation sites is 1. The molecule has 0 saturated heterocycles. The van der Waals surface area contributed by atoms with E-state index in [1.54, 1.807) is 12.1 Å². The summed E-state index contributed by atoms with van der Waals surface area (Å²) in [6.45, 7) is 2.46. The average molecular weight is 561 g/mol. The molecule has 2 N–H and O–H groups in total. The van der Waals surface area contributed by atoms with Crippen LogP contribution < -0.4 is 5.32 Å². The van der Waals surface area contributed by atoms with E-state index in [2.05, 4.69) is 31.2 Å². The number of fused-ring (bicyclic) bond motifs is 2. The summed E-state index contributed by atoms with van der Waals surface area (Å²) in [6.07, 6.45) is -4.73. The molecule has 3 heterocycles. The lowest BCUT2D eigenvalue weighted by Gasteiger charge is -2.28. The maximum Gasteiger partial charge on any atom is 0.412 e. The van der Waals surface area contributed by atoms with Crippen molar-refractivity contribution in [3.05, 3.63) is 81.2 Å². The molecule has 1 aliphatic heterocycles. The zero-order chi connectivity index (χ0) is 25.6. The normalized spacial score (nSPS) is 14.5. The van der Waals surface area contributed by atoms with Gasteiger partial charge < -0.3 is 15.2 Å². The summed E-state index contributed by atoms with van der Waals surface area (Å²) >= 11 is 3.19. The van der Waals surface area contributed by atoms with E-state index in [0.29, 0.717) is 22.1 Å². The van der Waals surface area contributed by atoms with Crippen molar-refractivity contribution >= 4 is 38.6 Å². The van der Waals surface area contributed by atoms with Crippen molar-refractivity contribution in [3.63, 3.8) is 0 Å². The molecule has 1 aliphatic rings. The van der Waals surface area contributed by atoms with Crippen molar-refractivity contribution in [2.24, 2.45) is 0 Å². The Kier molecular flexibility index (Phi) is 6.07. The fourth-order valence-corrected chi connectivity index (χ4v) is 4.61. The van der Waals surface area contributed by atoms with Crippen LogP contribution in [0, 0.1) is 6.92 Å². The lowest BCUT2D eigenvalue weighted by atomic mass is 10.1. The molecule has 0 spiro atoms. The first kappa shape index (κ1) is 24.0. The van der Waals surface area contributed by atoms with E-state index in [-0.39, 0.29) is 35.9 Å². The number of halogens is 4. The second-order valence-electron chi connectivity index (χ2n) is 8.56. The van der Waals surface area contributed by atoms with Crippen molar-refractivity contribution in [3.8, 4) is 0 Å². The Hall–Kier alpha value is -3.67. The average Bonchev–Trinajstić information content (AvgIpc) is 3.44. The van der Waals surface area contributed by atoms with E-state index in [1.165, 1.54) is 33.8 Å². The van der Waals surface area contributed by atoms with Crippen LogP contribution in [0.15, 0.2) is 53.0 Å². The highest BCUT2D eigenvalue weighted by molar-refractivity contribution is 9.10. The van der Waals surface area contributed by atoms with Gasteiger partial charge in [0.2, 0.25) is 0 Å². The van der Waals surface area contributed by atoms with Gasteiger partial charge in [0.25, 0.3) is 11.8 Å². The van der Waals surface area contributed by atoms with Crippen LogP contribution in [0.4, 0.5) is 13.2 Å². The Bertz CT molecular complexity index is 1460. The monoisotopic (exact) mass is 560 g/mol. The molecule has 0 bridgehead atoms. The maximum absolute atomic E-state index is 13.8. The third kappa shape index (κ3) is 4.48. The summed E-state index contributed by atoms with van der Waals surface area (Å²) in [7, 11) is 0. The molecule has 2 aromatic heterocycles. The number of nitrogens with zero attached hydrogens (tertiary/aromatic N) is 4. The number of aryl methyl sites for hydroxylation is 1. The molecule has 2 aromatic carbocycles. The predicted molar refractivity (Wildman–Crippen MR) is 128 cm³/mol. The second-order valence-corrected chi connectivity index (χ2v) is 9.47. The van der Waals surface area contributed by atoms with Gasteiger partial charge in [-0.15, -0.1) is 5.10 Å². The molecule has 5 rings (SSSR count). The molecule has 0 aliphatic carbocycles. The number of rotatable bonds is 4. The van der Waals surface area contributed by atoms with E-state index in [4.69, 9.17) is 0 Å². The Morgan fingerprint density at radius 3 is 2.61 bits per heavy atom. The van der Waals surface area contributed by atoms with Gasteiger partial charge in [0.1, 0.15) is 0 Å². The number of nitrogens with one attached hydrogen (secondary N) is 2. The third-order valence-corrected chi connectivity index (χ3v) is 6.62. The molecule has 36 heavy (non-hydrogen) atoms. The molecule has 0 radical (unpaired) electrons. The topological polar surface area (TPSA) is 95.9 Å². The number of benzene rings is 2. The van der Waals surface area contributed by atoms with Crippen molar-refractivity contribution in [1.82, 2.24) is 30.2 Å². The van der Waals surface area contributed by atoms with E-state index < -0.39 is 18.1 Å². The molecule has 12 heteroatoms. The first-order valence-electron chi connectivity index (χ1n) is 11.0. The number of amides is 2. The van der Waals surface area contributed by atoms with Crippen LogP contribution in [0.3, 0.4) is 0 Å². The number of aromatic amines is 1. The number of carbonyl (C=O) groups excluding carboxylic acids is 2. The van der Waals surface area contributed by atoms with Gasteiger partial charge in [0, 0.05) is 22.1 Å². The van der Waals surface area contributed by atoms with Gasteiger partial charge in [-0.3, -0.25) is 9.59 Å². The van der Waals surface area contributed by atoms with Crippen molar-refractivity contribution in [2.75, 3.05) is 6.54 Å². The fraction of sp³-hybridized carbons (Fsp3) is 0.250. The Morgan fingerprint density at radius 2 is 1.89 bits per heavy atom. The summed E-state index contributed by atoms with van der Waals surface area (Å²) in [5.74, 6) is -1.28. The quantitative estimate of drug-likeness (QED) is 0.383. The SMILES string of the molecule is Cc1cc2cccc(C(=O)N3CCn4nnc(C(=O)N[C@H](c5ccc(Br)cc5)C(F)(F)F)c4C3)c2[nH]1. The highest BCUT2D eigenvalue weighted by atomic mass is 79.9. The van der Waals surface area contributed by atoms with E-state index in [9.17, 15) is 22.8 Å². The minimum atomic E-state index is -4.73. The van der Waals surface area contributed by atoms with Gasteiger partial charge >= 0.3 is 6.18 Å². The summed E-state index contributed by atoms with van der Waals surface area (Å²) in [5, 5.41) is 10.7. The predicted octanol–water partition coefficient (Wildman–Crippen LogP) is 4.52. The Labute approximate surface area is 211 Å². The fourth-order valence-electron chi connectivity index (χ4n) is 4.35. The van der Waals surface area contributed by atoms with Crippen LogP contribution in [0.5, 0.6) is 0 Å². The number of hydrogen-bond acceptors (Lipinski definition) is 4. The molecular weight excluding hydrogens is 541 g/mol.